The molecule has 4 nitrogen and oxygen atoms in total. The van der Waals surface area contributed by atoms with E-state index >= 15 is 0 Å². The van der Waals surface area contributed by atoms with Crippen molar-refractivity contribution in [3.8, 4) is 0 Å². The smallest absolute Gasteiger partial charge is 0.245 e. The van der Waals surface area contributed by atoms with Crippen molar-refractivity contribution in [1.82, 2.24) is 4.90 Å². The second kappa shape index (κ2) is 8.34. The van der Waals surface area contributed by atoms with Crippen LogP contribution in [0.25, 0.3) is 0 Å². The molecule has 0 bridgehead atoms. The number of amides is 2. The lowest BCUT2D eigenvalue weighted by molar-refractivity contribution is -0.132. The first-order valence-electron chi connectivity index (χ1n) is 8.35. The van der Waals surface area contributed by atoms with E-state index in [0.29, 0.717) is 0 Å². The first-order chi connectivity index (χ1) is 11.0. The van der Waals surface area contributed by atoms with Gasteiger partial charge in [-0.05, 0) is 44.2 Å². The topological polar surface area (TPSA) is 40.6 Å². The van der Waals surface area contributed by atoms with Gasteiger partial charge in [-0.1, -0.05) is 25.1 Å². The van der Waals surface area contributed by atoms with Crippen LogP contribution in [0.2, 0.25) is 0 Å². The van der Waals surface area contributed by atoms with Gasteiger partial charge in [-0.15, -0.1) is 11.6 Å². The van der Waals surface area contributed by atoms with Crippen LogP contribution < -0.4 is 4.90 Å². The molecule has 2 rings (SSSR count). The summed E-state index contributed by atoms with van der Waals surface area (Å²) in [5, 5.41) is -0.658. The summed E-state index contributed by atoms with van der Waals surface area (Å²) >= 11 is 6.02. The van der Waals surface area contributed by atoms with Crippen molar-refractivity contribution in [2.45, 2.75) is 44.9 Å². The van der Waals surface area contributed by atoms with Crippen LogP contribution in [0.4, 0.5) is 5.69 Å². The molecule has 1 unspecified atom stereocenters. The Morgan fingerprint density at radius 1 is 1.22 bits per heavy atom. The van der Waals surface area contributed by atoms with E-state index in [0.717, 1.165) is 43.6 Å². The zero-order chi connectivity index (χ0) is 16.8. The van der Waals surface area contributed by atoms with Crippen LogP contribution in [-0.4, -0.2) is 41.7 Å². The molecule has 1 heterocycles. The Kier molecular flexibility index (Phi) is 6.46. The number of anilines is 1. The first kappa shape index (κ1) is 17.8. The predicted molar refractivity (Wildman–Crippen MR) is 93.9 cm³/mol. The average Bonchev–Trinajstić information content (AvgIpc) is 2.59. The molecule has 0 saturated carbocycles. The molecule has 126 valence electrons. The van der Waals surface area contributed by atoms with E-state index < -0.39 is 5.38 Å². The minimum atomic E-state index is -0.658. The Bertz CT molecular complexity index is 554. The quantitative estimate of drug-likeness (QED) is 0.775. The molecule has 5 heteroatoms. The molecule has 0 spiro atoms. The Labute approximate surface area is 143 Å². The second-order valence-corrected chi connectivity index (χ2v) is 6.62. The maximum Gasteiger partial charge on any atom is 0.245 e. The summed E-state index contributed by atoms with van der Waals surface area (Å²) in [7, 11) is 0. The molecular formula is C18H25ClN2O2. The maximum absolute atomic E-state index is 12.6. The van der Waals surface area contributed by atoms with E-state index in [2.05, 4.69) is 0 Å². The molecule has 0 aromatic heterocycles. The lowest BCUT2D eigenvalue weighted by Gasteiger charge is -2.31. The highest BCUT2D eigenvalue weighted by Crippen LogP contribution is 2.23. The van der Waals surface area contributed by atoms with E-state index in [-0.39, 0.29) is 18.4 Å². The highest BCUT2D eigenvalue weighted by molar-refractivity contribution is 6.32. The molecule has 23 heavy (non-hydrogen) atoms. The van der Waals surface area contributed by atoms with Crippen molar-refractivity contribution in [3.63, 3.8) is 0 Å². The van der Waals surface area contributed by atoms with Crippen molar-refractivity contribution in [2.75, 3.05) is 24.5 Å². The van der Waals surface area contributed by atoms with Gasteiger partial charge < -0.3 is 9.80 Å². The van der Waals surface area contributed by atoms with E-state index in [1.165, 1.54) is 6.42 Å². The number of likely N-dealkylation sites (tertiary alicyclic amines) is 1. The molecule has 1 saturated heterocycles. The molecule has 1 aromatic carbocycles. The molecule has 1 aliphatic rings. The molecule has 1 aliphatic heterocycles. The molecule has 2 amide bonds. The molecule has 1 atom stereocenters. The fourth-order valence-electron chi connectivity index (χ4n) is 2.95. The largest absolute Gasteiger partial charge is 0.341 e. The van der Waals surface area contributed by atoms with Gasteiger partial charge in [0.05, 0.1) is 0 Å². The highest BCUT2D eigenvalue weighted by atomic mass is 35.5. The van der Waals surface area contributed by atoms with Crippen molar-refractivity contribution in [3.05, 3.63) is 29.8 Å². The van der Waals surface area contributed by atoms with Gasteiger partial charge in [-0.3, -0.25) is 9.59 Å². The van der Waals surface area contributed by atoms with Gasteiger partial charge in [0.25, 0.3) is 0 Å². The summed E-state index contributed by atoms with van der Waals surface area (Å²) in [4.78, 5) is 28.6. The summed E-state index contributed by atoms with van der Waals surface area (Å²) in [5.74, 6) is -0.223. The standard InChI is InChI=1S/C18H25ClN2O2/c1-3-15-9-5-6-10-16(15)21(18(23)14(2)19)13-17(22)20-11-7-4-8-12-20/h5-6,9-10,14H,3-4,7-8,11-13H2,1-2H3. The van der Waals surface area contributed by atoms with Crippen molar-refractivity contribution in [2.24, 2.45) is 0 Å². The summed E-state index contributed by atoms with van der Waals surface area (Å²) in [5.41, 5.74) is 1.84. The van der Waals surface area contributed by atoms with E-state index in [1.54, 1.807) is 11.8 Å². The van der Waals surface area contributed by atoms with Crippen molar-refractivity contribution < 1.29 is 9.59 Å². The van der Waals surface area contributed by atoms with Gasteiger partial charge in [0.2, 0.25) is 11.8 Å². The second-order valence-electron chi connectivity index (χ2n) is 5.96. The number of benzene rings is 1. The fourth-order valence-corrected chi connectivity index (χ4v) is 3.07. The van der Waals surface area contributed by atoms with Crippen LogP contribution in [-0.2, 0) is 16.0 Å². The molecule has 1 fully saturated rings. The number of halogens is 1. The van der Waals surface area contributed by atoms with Crippen LogP contribution in [0.1, 0.15) is 38.7 Å². The summed E-state index contributed by atoms with van der Waals surface area (Å²) in [6.07, 6.45) is 4.05. The number of carbonyl (C=O) groups excluding carboxylic acids is 2. The minimum Gasteiger partial charge on any atom is -0.341 e. The Morgan fingerprint density at radius 3 is 2.48 bits per heavy atom. The number of piperidine rings is 1. The fraction of sp³-hybridized carbons (Fsp3) is 0.556. The van der Waals surface area contributed by atoms with Crippen LogP contribution in [0.5, 0.6) is 0 Å². The van der Waals surface area contributed by atoms with Crippen LogP contribution >= 0.6 is 11.6 Å². The summed E-state index contributed by atoms with van der Waals surface area (Å²) in [6, 6.07) is 7.71. The number of nitrogens with zero attached hydrogens (tertiary/aromatic N) is 2. The number of rotatable bonds is 5. The van der Waals surface area contributed by atoms with E-state index in [4.69, 9.17) is 11.6 Å². The third-order valence-electron chi connectivity index (χ3n) is 4.27. The zero-order valence-corrected chi connectivity index (χ0v) is 14.7. The number of hydrogen-bond donors (Lipinski definition) is 0. The predicted octanol–water partition coefficient (Wildman–Crippen LogP) is 3.22. The maximum atomic E-state index is 12.6. The van der Waals surface area contributed by atoms with Gasteiger partial charge in [-0.25, -0.2) is 0 Å². The summed E-state index contributed by atoms with van der Waals surface area (Å²) < 4.78 is 0. The molecular weight excluding hydrogens is 312 g/mol. The van der Waals surface area contributed by atoms with Gasteiger partial charge in [-0.2, -0.15) is 0 Å². The first-order valence-corrected chi connectivity index (χ1v) is 8.79. The van der Waals surface area contributed by atoms with E-state index in [1.807, 2.05) is 36.1 Å². The minimum absolute atomic E-state index is 0.00118. The van der Waals surface area contributed by atoms with Crippen LogP contribution in [0.3, 0.4) is 0 Å². The average molecular weight is 337 g/mol. The van der Waals surface area contributed by atoms with Crippen molar-refractivity contribution >= 4 is 29.1 Å². The lowest BCUT2D eigenvalue weighted by atomic mass is 10.1. The molecule has 0 aliphatic carbocycles. The SMILES string of the molecule is CCc1ccccc1N(CC(=O)N1CCCCC1)C(=O)C(C)Cl. The normalized spacial score (nSPS) is 16.0. The highest BCUT2D eigenvalue weighted by Gasteiger charge is 2.27. The lowest BCUT2D eigenvalue weighted by Crippen LogP contribution is -2.46. The van der Waals surface area contributed by atoms with Gasteiger partial charge in [0.15, 0.2) is 0 Å². The number of hydrogen-bond acceptors (Lipinski definition) is 2. The third-order valence-corrected chi connectivity index (χ3v) is 4.46. The van der Waals surface area contributed by atoms with Crippen molar-refractivity contribution in [1.29, 1.82) is 0 Å². The molecule has 0 radical (unpaired) electrons. The third kappa shape index (κ3) is 4.47. The number of aryl methyl sites for hydroxylation is 1. The van der Waals surface area contributed by atoms with Crippen LogP contribution in [0.15, 0.2) is 24.3 Å². The monoisotopic (exact) mass is 336 g/mol. The van der Waals surface area contributed by atoms with Gasteiger partial charge in [0.1, 0.15) is 11.9 Å². The number of carbonyl (C=O) groups is 2. The Hall–Kier alpha value is -1.55. The van der Waals surface area contributed by atoms with Gasteiger partial charge >= 0.3 is 0 Å². The Morgan fingerprint density at radius 2 is 1.87 bits per heavy atom. The summed E-state index contributed by atoms with van der Waals surface area (Å²) in [6.45, 7) is 5.32. The van der Waals surface area contributed by atoms with E-state index in [9.17, 15) is 9.59 Å². The Balaban J connectivity index is 2.23. The zero-order valence-electron chi connectivity index (χ0n) is 13.9. The van der Waals surface area contributed by atoms with Gasteiger partial charge in [0, 0.05) is 18.8 Å². The number of para-hydroxylation sites is 1. The number of alkyl halides is 1. The molecule has 0 N–H and O–H groups in total. The molecule has 1 aromatic rings. The van der Waals surface area contributed by atoms with Crippen LogP contribution in [0, 0.1) is 0 Å².